The van der Waals surface area contributed by atoms with Gasteiger partial charge >= 0.3 is 0 Å². The van der Waals surface area contributed by atoms with Crippen LogP contribution in [-0.4, -0.2) is 11.9 Å². The molecule has 3 rings (SSSR count). The molecule has 3 aliphatic carbocycles. The number of fused-ring (bicyclic) bond motifs is 1. The molecule has 0 spiro atoms. The van der Waals surface area contributed by atoms with Crippen LogP contribution in [-0.2, 0) is 4.79 Å². The number of amides is 1. The highest BCUT2D eigenvalue weighted by atomic mass is 16.2. The Labute approximate surface area is 110 Å². The summed E-state index contributed by atoms with van der Waals surface area (Å²) in [6.45, 7) is 0. The molecule has 2 atom stereocenters. The van der Waals surface area contributed by atoms with Crippen LogP contribution >= 0.6 is 0 Å². The highest BCUT2D eigenvalue weighted by Gasteiger charge is 2.53. The Kier molecular flexibility index (Phi) is 3.72. The third-order valence-corrected chi connectivity index (χ3v) is 5.09. The fourth-order valence-electron chi connectivity index (χ4n) is 3.98. The molecule has 100 valence electrons. The molecule has 0 aromatic carbocycles. The fourth-order valence-corrected chi connectivity index (χ4v) is 3.98. The summed E-state index contributed by atoms with van der Waals surface area (Å²) < 4.78 is 0. The van der Waals surface area contributed by atoms with Gasteiger partial charge in [-0.25, -0.2) is 0 Å². The Bertz CT molecular complexity index is 314. The molecular formula is C16H25NO. The lowest BCUT2D eigenvalue weighted by molar-refractivity contribution is -0.123. The lowest BCUT2D eigenvalue weighted by Crippen LogP contribution is -2.37. The van der Waals surface area contributed by atoms with Gasteiger partial charge in [-0.05, 0) is 50.4 Å². The van der Waals surface area contributed by atoms with E-state index in [0.717, 1.165) is 0 Å². The van der Waals surface area contributed by atoms with Gasteiger partial charge in [0.05, 0.1) is 0 Å². The summed E-state index contributed by atoms with van der Waals surface area (Å²) in [5.41, 5.74) is 0. The highest BCUT2D eigenvalue weighted by molar-refractivity contribution is 5.82. The van der Waals surface area contributed by atoms with Crippen molar-refractivity contribution in [3.8, 4) is 0 Å². The fraction of sp³-hybridized carbons (Fsp3) is 0.812. The summed E-state index contributed by atoms with van der Waals surface area (Å²) in [5.74, 6) is 2.11. The van der Waals surface area contributed by atoms with E-state index in [-0.39, 0.29) is 0 Å². The molecule has 0 saturated heterocycles. The Morgan fingerprint density at radius 2 is 1.50 bits per heavy atom. The molecule has 0 unspecified atom stereocenters. The molecule has 1 N–H and O–H groups in total. The van der Waals surface area contributed by atoms with Gasteiger partial charge in [0.25, 0.3) is 0 Å². The van der Waals surface area contributed by atoms with Crippen LogP contribution in [0.2, 0.25) is 0 Å². The number of hydrogen-bond donors (Lipinski definition) is 1. The minimum Gasteiger partial charge on any atom is -0.353 e. The molecule has 0 aromatic rings. The second kappa shape index (κ2) is 5.46. The highest BCUT2D eigenvalue weighted by Crippen LogP contribution is 2.52. The molecule has 0 radical (unpaired) electrons. The molecule has 0 aromatic heterocycles. The first kappa shape index (κ1) is 12.3. The van der Waals surface area contributed by atoms with Crippen molar-refractivity contribution in [1.82, 2.24) is 5.32 Å². The van der Waals surface area contributed by atoms with E-state index in [1.807, 2.05) is 0 Å². The normalized spacial score (nSPS) is 36.3. The standard InChI is InChI=1S/C16H25NO/c18-16(17-12-8-4-3-5-9-12)15-13-10-6-1-2-7-11-14(13)15/h1-2,12-15H,3-11H2,(H,17,18)/t13-,14-/m1/s1. The van der Waals surface area contributed by atoms with Crippen molar-refractivity contribution in [2.45, 2.75) is 63.8 Å². The van der Waals surface area contributed by atoms with Crippen LogP contribution < -0.4 is 5.32 Å². The number of nitrogens with one attached hydrogen (secondary N) is 1. The summed E-state index contributed by atoms with van der Waals surface area (Å²) in [6.07, 6.45) is 15.8. The van der Waals surface area contributed by atoms with Gasteiger partial charge in [0, 0.05) is 12.0 Å². The van der Waals surface area contributed by atoms with E-state index < -0.39 is 0 Å². The van der Waals surface area contributed by atoms with Crippen LogP contribution in [0, 0.1) is 17.8 Å². The quantitative estimate of drug-likeness (QED) is 0.744. The van der Waals surface area contributed by atoms with Crippen LogP contribution in [0.5, 0.6) is 0 Å². The third kappa shape index (κ3) is 2.62. The van der Waals surface area contributed by atoms with Crippen molar-refractivity contribution in [2.75, 3.05) is 0 Å². The van der Waals surface area contributed by atoms with Crippen LogP contribution in [0.4, 0.5) is 0 Å². The zero-order valence-electron chi connectivity index (χ0n) is 11.2. The van der Waals surface area contributed by atoms with Crippen molar-refractivity contribution < 1.29 is 4.79 Å². The molecule has 2 nitrogen and oxygen atoms in total. The van der Waals surface area contributed by atoms with E-state index in [0.29, 0.717) is 29.7 Å². The molecule has 2 heteroatoms. The average Bonchev–Trinajstić information content (AvgIpc) is 3.02. The van der Waals surface area contributed by atoms with Crippen molar-refractivity contribution >= 4 is 5.91 Å². The van der Waals surface area contributed by atoms with Crippen LogP contribution in [0.15, 0.2) is 12.2 Å². The first-order valence-corrected chi connectivity index (χ1v) is 7.81. The molecular weight excluding hydrogens is 222 g/mol. The summed E-state index contributed by atoms with van der Waals surface area (Å²) in [6, 6.07) is 0.483. The Hall–Kier alpha value is -0.790. The van der Waals surface area contributed by atoms with Gasteiger partial charge in [-0.3, -0.25) is 4.79 Å². The minimum atomic E-state index is 0.354. The summed E-state index contributed by atoms with van der Waals surface area (Å²) in [4.78, 5) is 12.3. The van der Waals surface area contributed by atoms with Gasteiger partial charge in [0.15, 0.2) is 0 Å². The van der Waals surface area contributed by atoms with Gasteiger partial charge in [0.2, 0.25) is 5.91 Å². The largest absolute Gasteiger partial charge is 0.353 e. The number of carbonyl (C=O) groups excluding carboxylic acids is 1. The molecule has 18 heavy (non-hydrogen) atoms. The van der Waals surface area contributed by atoms with E-state index in [1.165, 1.54) is 57.8 Å². The van der Waals surface area contributed by atoms with Crippen LogP contribution in [0.25, 0.3) is 0 Å². The van der Waals surface area contributed by atoms with Crippen molar-refractivity contribution in [1.29, 1.82) is 0 Å². The summed E-state index contributed by atoms with van der Waals surface area (Å²) in [5, 5.41) is 3.32. The maximum Gasteiger partial charge on any atom is 0.223 e. The molecule has 0 heterocycles. The second-order valence-corrected chi connectivity index (χ2v) is 6.32. The first-order chi connectivity index (χ1) is 8.86. The molecule has 0 bridgehead atoms. The van der Waals surface area contributed by atoms with Crippen molar-refractivity contribution in [3.63, 3.8) is 0 Å². The van der Waals surface area contributed by atoms with Crippen LogP contribution in [0.1, 0.15) is 57.8 Å². The molecule has 0 aliphatic heterocycles. The lowest BCUT2D eigenvalue weighted by atomic mass is 9.95. The Morgan fingerprint density at radius 1 is 0.889 bits per heavy atom. The smallest absolute Gasteiger partial charge is 0.223 e. The number of rotatable bonds is 2. The monoisotopic (exact) mass is 247 g/mol. The van der Waals surface area contributed by atoms with Crippen molar-refractivity contribution in [3.05, 3.63) is 12.2 Å². The predicted molar refractivity (Wildman–Crippen MR) is 73.1 cm³/mol. The minimum absolute atomic E-state index is 0.354. The van der Waals surface area contributed by atoms with Crippen molar-refractivity contribution in [2.24, 2.45) is 17.8 Å². The van der Waals surface area contributed by atoms with E-state index >= 15 is 0 Å². The molecule has 2 saturated carbocycles. The lowest BCUT2D eigenvalue weighted by Gasteiger charge is -2.22. The van der Waals surface area contributed by atoms with E-state index in [9.17, 15) is 4.79 Å². The predicted octanol–water partition coefficient (Wildman–Crippen LogP) is 3.43. The number of carbonyl (C=O) groups is 1. The second-order valence-electron chi connectivity index (χ2n) is 6.32. The van der Waals surface area contributed by atoms with Gasteiger partial charge in [-0.15, -0.1) is 0 Å². The van der Waals surface area contributed by atoms with E-state index in [2.05, 4.69) is 17.5 Å². The summed E-state index contributed by atoms with van der Waals surface area (Å²) >= 11 is 0. The van der Waals surface area contributed by atoms with Gasteiger partial charge in [-0.1, -0.05) is 31.4 Å². The zero-order chi connectivity index (χ0) is 12.4. The molecule has 2 fully saturated rings. The SMILES string of the molecule is O=C(NC1CCCCC1)C1[C@@H]2CCC=CCC[C@@H]12. The van der Waals surface area contributed by atoms with Gasteiger partial charge in [-0.2, -0.15) is 0 Å². The topological polar surface area (TPSA) is 29.1 Å². The van der Waals surface area contributed by atoms with E-state index in [4.69, 9.17) is 0 Å². The molecule has 3 aliphatic rings. The van der Waals surface area contributed by atoms with E-state index in [1.54, 1.807) is 0 Å². The van der Waals surface area contributed by atoms with Gasteiger partial charge in [0.1, 0.15) is 0 Å². The maximum absolute atomic E-state index is 12.3. The maximum atomic E-state index is 12.3. The number of allylic oxidation sites excluding steroid dienone is 2. The van der Waals surface area contributed by atoms with Gasteiger partial charge < -0.3 is 5.32 Å². The Balaban J connectivity index is 1.51. The van der Waals surface area contributed by atoms with Crippen LogP contribution in [0.3, 0.4) is 0 Å². The molecule has 1 amide bonds. The average molecular weight is 247 g/mol. The zero-order valence-corrected chi connectivity index (χ0v) is 11.2. The number of hydrogen-bond acceptors (Lipinski definition) is 1. The summed E-state index contributed by atoms with van der Waals surface area (Å²) in [7, 11) is 0. The first-order valence-electron chi connectivity index (χ1n) is 7.81. The Morgan fingerprint density at radius 3 is 2.11 bits per heavy atom. The third-order valence-electron chi connectivity index (χ3n) is 5.09.